The quantitative estimate of drug-likeness (QED) is 0.104. The van der Waals surface area contributed by atoms with Crippen LogP contribution < -0.4 is 15.1 Å². The van der Waals surface area contributed by atoms with E-state index in [4.69, 9.17) is 18.6 Å². The highest BCUT2D eigenvalue weighted by atomic mass is 127. The van der Waals surface area contributed by atoms with Crippen molar-refractivity contribution < 1.29 is 43.1 Å². The van der Waals surface area contributed by atoms with Crippen molar-refractivity contribution in [2.45, 2.75) is 64.4 Å². The molecule has 0 aromatic heterocycles. The standard InChI is InChI=1S/C41H47BINO9Si/c1-25(19-26-20-32(43)37(45)34(21-26)50-5)17-18-33-35-27(22-30-36(31(35)23-42(49)53-33)39(47)44(38(30)46)40(48)51-6)24-52-54(41(2,3)4,28-13-9-7-10-14-28)29-15-11-8-12-16-29/h7-16,19-21,30-31,33,36,45,49H,17-18,22-24H2,1-6H3/b25-19+/t30-,31+,33-,36-/m1/s1. The minimum absolute atomic E-state index is 0.0876. The Kier molecular flexibility index (Phi) is 11.9. The summed E-state index contributed by atoms with van der Waals surface area (Å²) < 4.78 is 24.6. The number of carbonyl (C=O) groups is 3. The van der Waals surface area contributed by atoms with Crippen LogP contribution >= 0.6 is 22.6 Å². The number of benzene rings is 3. The van der Waals surface area contributed by atoms with Crippen molar-refractivity contribution in [2.24, 2.45) is 17.8 Å². The van der Waals surface area contributed by atoms with Crippen LogP contribution in [0.4, 0.5) is 4.79 Å². The van der Waals surface area contributed by atoms with Crippen molar-refractivity contribution in [1.82, 2.24) is 4.90 Å². The Balaban J connectivity index is 1.42. The largest absolute Gasteiger partial charge is 0.504 e. The number of hydrogen-bond donors (Lipinski definition) is 2. The van der Waals surface area contributed by atoms with Gasteiger partial charge in [0, 0.05) is 0 Å². The Bertz CT molecular complexity index is 1930. The molecule has 0 radical (unpaired) electrons. The smallest absolute Gasteiger partial charge is 0.455 e. The number of hydrogen-bond acceptors (Lipinski definition) is 9. The summed E-state index contributed by atoms with van der Waals surface area (Å²) in [5.74, 6) is -2.92. The van der Waals surface area contributed by atoms with E-state index in [1.165, 1.54) is 7.11 Å². The van der Waals surface area contributed by atoms with Crippen LogP contribution in [0.2, 0.25) is 11.4 Å². The van der Waals surface area contributed by atoms with Gasteiger partial charge in [0.1, 0.15) is 0 Å². The lowest BCUT2D eigenvalue weighted by molar-refractivity contribution is -0.137. The highest BCUT2D eigenvalue weighted by molar-refractivity contribution is 14.1. The zero-order chi connectivity index (χ0) is 38.9. The number of fused-ring (bicyclic) bond motifs is 3. The lowest BCUT2D eigenvalue weighted by Crippen LogP contribution is -2.66. The Labute approximate surface area is 331 Å². The SMILES string of the molecule is COC(=O)N1C(=O)[C@@H]2[C@@H](CC(CO[Si](c3ccccc3)(c3ccccc3)C(C)(C)C)=C3[C@@H](CC/C(C)=C/c4cc(I)c(O)c(OC)c4)OB(O)C[C@@H]32)C1=O. The van der Waals surface area contributed by atoms with Crippen molar-refractivity contribution in [2.75, 3.05) is 20.8 Å². The maximum Gasteiger partial charge on any atom is 0.455 e. The van der Waals surface area contributed by atoms with Crippen molar-refractivity contribution in [1.29, 1.82) is 0 Å². The molecular formula is C41H47BINO9Si. The number of nitrogens with zero attached hydrogens (tertiary/aromatic N) is 1. The molecule has 6 rings (SSSR count). The van der Waals surface area contributed by atoms with E-state index >= 15 is 0 Å². The third-order valence-electron chi connectivity index (χ3n) is 11.0. The maximum absolute atomic E-state index is 13.9. The fourth-order valence-electron chi connectivity index (χ4n) is 8.67. The molecular weight excluding hydrogens is 816 g/mol. The van der Waals surface area contributed by atoms with E-state index < -0.39 is 57.2 Å². The van der Waals surface area contributed by atoms with Gasteiger partial charge in [-0.15, -0.1) is 0 Å². The summed E-state index contributed by atoms with van der Waals surface area (Å²) in [6, 6.07) is 24.2. The molecule has 0 spiro atoms. The first-order chi connectivity index (χ1) is 25.7. The van der Waals surface area contributed by atoms with Gasteiger partial charge in [0.05, 0.1) is 42.3 Å². The second-order valence-corrected chi connectivity index (χ2v) is 20.8. The third kappa shape index (κ3) is 7.45. The molecule has 2 saturated heterocycles. The van der Waals surface area contributed by atoms with Crippen molar-refractivity contribution in [3.05, 3.63) is 98.6 Å². The summed E-state index contributed by atoms with van der Waals surface area (Å²) in [7, 11) is -1.54. The van der Waals surface area contributed by atoms with E-state index in [9.17, 15) is 24.5 Å². The molecule has 2 N–H and O–H groups in total. The number of phenols is 1. The molecule has 2 heterocycles. The first kappa shape index (κ1) is 39.9. The van der Waals surface area contributed by atoms with Gasteiger partial charge in [-0.25, -0.2) is 4.79 Å². The number of carbonyl (C=O) groups excluding carboxylic acids is 3. The van der Waals surface area contributed by atoms with Crippen LogP contribution in [0.15, 0.2) is 89.5 Å². The molecule has 3 amide bonds. The van der Waals surface area contributed by atoms with Crippen molar-refractivity contribution in [3.63, 3.8) is 0 Å². The van der Waals surface area contributed by atoms with Crippen molar-refractivity contribution in [3.8, 4) is 11.5 Å². The number of phenolic OH excluding ortho intramolecular Hbond substituents is 1. The van der Waals surface area contributed by atoms with Gasteiger partial charge < -0.3 is 28.7 Å². The highest BCUT2D eigenvalue weighted by Gasteiger charge is 2.59. The number of rotatable bonds is 10. The number of halogens is 1. The van der Waals surface area contributed by atoms with Crippen LogP contribution in [0.25, 0.3) is 6.08 Å². The number of amides is 3. The monoisotopic (exact) mass is 863 g/mol. The topological polar surface area (TPSA) is 132 Å². The van der Waals surface area contributed by atoms with Gasteiger partial charge in [0.25, 0.3) is 8.32 Å². The van der Waals surface area contributed by atoms with E-state index in [2.05, 4.69) is 67.6 Å². The molecule has 13 heteroatoms. The van der Waals surface area contributed by atoms with Crippen LogP contribution in [0.5, 0.6) is 11.5 Å². The fourth-order valence-corrected chi connectivity index (χ4v) is 13.8. The van der Waals surface area contributed by atoms with E-state index in [0.29, 0.717) is 27.1 Å². The van der Waals surface area contributed by atoms with Gasteiger partial charge in [0.2, 0.25) is 11.8 Å². The summed E-state index contributed by atoms with van der Waals surface area (Å²) >= 11 is 2.07. The molecule has 4 atom stereocenters. The second kappa shape index (κ2) is 16.1. The predicted octanol–water partition coefficient (Wildman–Crippen LogP) is 6.33. The van der Waals surface area contributed by atoms with Gasteiger partial charge in [0.15, 0.2) is 11.5 Å². The van der Waals surface area contributed by atoms with E-state index in [0.717, 1.165) is 39.8 Å². The average molecular weight is 864 g/mol. The van der Waals surface area contributed by atoms with Gasteiger partial charge in [-0.3, -0.25) is 9.59 Å². The minimum atomic E-state index is -3.02. The number of aromatic hydroxyl groups is 1. The zero-order valence-corrected chi connectivity index (χ0v) is 34.7. The van der Waals surface area contributed by atoms with Crippen LogP contribution in [0.3, 0.4) is 0 Å². The highest BCUT2D eigenvalue weighted by Crippen LogP contribution is 2.51. The Morgan fingerprint density at radius 3 is 2.22 bits per heavy atom. The van der Waals surface area contributed by atoms with Crippen LogP contribution in [0, 0.1) is 21.3 Å². The van der Waals surface area contributed by atoms with Crippen LogP contribution in [-0.2, 0) is 23.4 Å². The second-order valence-electron chi connectivity index (χ2n) is 15.3. The van der Waals surface area contributed by atoms with Gasteiger partial charge >= 0.3 is 13.2 Å². The van der Waals surface area contributed by atoms with Crippen molar-refractivity contribution >= 4 is 72.4 Å². The summed E-state index contributed by atoms with van der Waals surface area (Å²) in [5, 5.41) is 23.4. The molecule has 2 aliphatic heterocycles. The molecule has 10 nitrogen and oxygen atoms in total. The zero-order valence-electron chi connectivity index (χ0n) is 31.5. The molecule has 0 unspecified atom stereocenters. The van der Waals surface area contributed by atoms with E-state index in [1.54, 1.807) is 6.07 Å². The summed E-state index contributed by atoms with van der Waals surface area (Å²) in [5.41, 5.74) is 3.62. The molecule has 1 aliphatic carbocycles. The average Bonchev–Trinajstić information content (AvgIpc) is 3.40. The third-order valence-corrected chi connectivity index (χ3v) is 16.8. The maximum atomic E-state index is 13.9. The van der Waals surface area contributed by atoms with Crippen LogP contribution in [0.1, 0.15) is 52.5 Å². The first-order valence-electron chi connectivity index (χ1n) is 18.2. The number of imide groups is 3. The summed E-state index contributed by atoms with van der Waals surface area (Å²) in [4.78, 5) is 41.2. The summed E-state index contributed by atoms with van der Waals surface area (Å²) in [6.45, 7) is 8.79. The number of allylic oxidation sites excluding steroid dienone is 1. The van der Waals surface area contributed by atoms with E-state index in [-0.39, 0.29) is 30.1 Å². The number of likely N-dealkylation sites (tertiary alicyclic amines) is 1. The number of ether oxygens (including phenoxy) is 2. The number of methoxy groups -OCH3 is 2. The molecule has 3 aliphatic rings. The van der Waals surface area contributed by atoms with Gasteiger partial charge in [-0.2, -0.15) is 4.90 Å². The molecule has 284 valence electrons. The molecule has 2 fully saturated rings. The molecule has 3 aromatic carbocycles. The lowest BCUT2D eigenvalue weighted by atomic mass is 9.58. The molecule has 54 heavy (non-hydrogen) atoms. The van der Waals surface area contributed by atoms with E-state index in [1.807, 2.05) is 55.5 Å². The molecule has 0 saturated carbocycles. The van der Waals surface area contributed by atoms with Gasteiger partial charge in [-0.1, -0.05) is 93.1 Å². The summed E-state index contributed by atoms with van der Waals surface area (Å²) in [6.07, 6.45) is 1.83. The Morgan fingerprint density at radius 2 is 1.65 bits per heavy atom. The fraction of sp³-hybridized carbons (Fsp3) is 0.390. The van der Waals surface area contributed by atoms with Crippen LogP contribution in [-0.4, -0.2) is 75.3 Å². The van der Waals surface area contributed by atoms with Gasteiger partial charge in [-0.05, 0) is 105 Å². The predicted molar refractivity (Wildman–Crippen MR) is 218 cm³/mol. The Hall–Kier alpha value is -3.76. The molecule has 3 aromatic rings. The minimum Gasteiger partial charge on any atom is -0.504 e. The lowest BCUT2D eigenvalue weighted by Gasteiger charge is -2.46. The normalized spacial score (nSPS) is 22.0. The Morgan fingerprint density at radius 1 is 1.02 bits per heavy atom. The first-order valence-corrected chi connectivity index (χ1v) is 21.2. The molecule has 0 bridgehead atoms.